The first-order valence-corrected chi connectivity index (χ1v) is 16.8. The maximum Gasteiger partial charge on any atom is 0.257 e. The van der Waals surface area contributed by atoms with Crippen LogP contribution in [0.25, 0.3) is 0 Å². The van der Waals surface area contributed by atoms with Gasteiger partial charge in [0.25, 0.3) is 5.82 Å². The van der Waals surface area contributed by atoms with Crippen molar-refractivity contribution in [2.45, 2.75) is 200 Å². The van der Waals surface area contributed by atoms with E-state index in [1.54, 1.807) is 0 Å². The van der Waals surface area contributed by atoms with E-state index in [2.05, 4.69) is 49.6 Å². The van der Waals surface area contributed by atoms with Gasteiger partial charge in [-0.1, -0.05) is 156 Å². The van der Waals surface area contributed by atoms with Crippen LogP contribution in [-0.4, -0.2) is 4.98 Å². The summed E-state index contributed by atoms with van der Waals surface area (Å²) in [5, 5.41) is 0. The number of aromatic nitrogens is 2. The van der Waals surface area contributed by atoms with E-state index < -0.39 is 0 Å². The van der Waals surface area contributed by atoms with Gasteiger partial charge in [0.05, 0.1) is 12.0 Å². The number of hydrogen-bond donors (Lipinski definition) is 1. The molecule has 0 aliphatic heterocycles. The minimum Gasteiger partial charge on any atom is -0.247 e. The zero-order valence-corrected chi connectivity index (χ0v) is 25.4. The molecule has 0 amide bonds. The lowest BCUT2D eigenvalue weighted by molar-refractivity contribution is -0.727. The van der Waals surface area contributed by atoms with Crippen molar-refractivity contribution < 1.29 is 4.57 Å². The lowest BCUT2D eigenvalue weighted by Crippen LogP contribution is -2.41. The standard InChI is InChI=1S/C34H66N2/c1-5-8-11-13-15-17-19-21-23-25-27-32(4)36-31-30-35-34(36)33(28-10-7-3)29-26-24-22-20-18-16-14-12-9-6-2/h30-33H,5-29H2,1-4H3/p+1. The number of unbranched alkanes of at least 4 members (excludes halogenated alkanes) is 19. The van der Waals surface area contributed by atoms with E-state index in [-0.39, 0.29) is 0 Å². The maximum atomic E-state index is 3.68. The number of hydrogen-bond acceptors (Lipinski definition) is 0. The highest BCUT2D eigenvalue weighted by molar-refractivity contribution is 4.90. The van der Waals surface area contributed by atoms with Gasteiger partial charge in [-0.15, -0.1) is 0 Å². The monoisotopic (exact) mass is 504 g/mol. The number of aromatic amines is 1. The third-order valence-electron chi connectivity index (χ3n) is 8.39. The quantitative estimate of drug-likeness (QED) is 0.0909. The Bertz CT molecular complexity index is 563. The third-order valence-corrected chi connectivity index (χ3v) is 8.39. The van der Waals surface area contributed by atoms with Crippen LogP contribution in [0.2, 0.25) is 0 Å². The van der Waals surface area contributed by atoms with Crippen molar-refractivity contribution in [3.63, 3.8) is 0 Å². The molecule has 2 atom stereocenters. The van der Waals surface area contributed by atoms with Gasteiger partial charge in [0.1, 0.15) is 12.4 Å². The molecule has 2 heteroatoms. The smallest absolute Gasteiger partial charge is 0.247 e. The average molecular weight is 504 g/mol. The first-order valence-electron chi connectivity index (χ1n) is 16.8. The Morgan fingerprint density at radius 3 is 1.39 bits per heavy atom. The number of imidazole rings is 1. The molecule has 0 bridgehead atoms. The summed E-state index contributed by atoms with van der Waals surface area (Å²) in [6.07, 6.45) is 39.8. The van der Waals surface area contributed by atoms with Gasteiger partial charge in [0, 0.05) is 0 Å². The maximum absolute atomic E-state index is 3.68. The molecule has 1 aromatic heterocycles. The molecule has 1 N–H and O–H groups in total. The Kier molecular flexibility index (Phi) is 22.7. The Balaban J connectivity index is 2.29. The van der Waals surface area contributed by atoms with E-state index in [9.17, 15) is 0 Å². The van der Waals surface area contributed by atoms with Crippen molar-refractivity contribution in [1.82, 2.24) is 4.98 Å². The van der Waals surface area contributed by atoms with Gasteiger partial charge < -0.3 is 0 Å². The van der Waals surface area contributed by atoms with Crippen LogP contribution in [0.4, 0.5) is 0 Å². The number of rotatable bonds is 27. The number of H-pyrrole nitrogens is 1. The molecule has 0 aliphatic carbocycles. The second-order valence-corrected chi connectivity index (χ2v) is 11.9. The Hall–Kier alpha value is -0.790. The van der Waals surface area contributed by atoms with Gasteiger partial charge in [-0.3, -0.25) is 0 Å². The van der Waals surface area contributed by atoms with E-state index in [4.69, 9.17) is 0 Å². The van der Waals surface area contributed by atoms with Gasteiger partial charge in [-0.2, -0.15) is 0 Å². The van der Waals surface area contributed by atoms with Gasteiger partial charge in [0.15, 0.2) is 0 Å². The van der Waals surface area contributed by atoms with Crippen molar-refractivity contribution in [3.05, 3.63) is 18.2 Å². The molecule has 0 fully saturated rings. The summed E-state index contributed by atoms with van der Waals surface area (Å²) < 4.78 is 2.60. The molecule has 0 saturated heterocycles. The summed E-state index contributed by atoms with van der Waals surface area (Å²) in [7, 11) is 0. The molecule has 0 radical (unpaired) electrons. The lowest BCUT2D eigenvalue weighted by Gasteiger charge is -2.17. The average Bonchev–Trinajstić information content (AvgIpc) is 3.38. The first-order chi connectivity index (χ1) is 17.7. The summed E-state index contributed by atoms with van der Waals surface area (Å²) in [6.45, 7) is 9.40. The minimum atomic E-state index is 0.622. The molecule has 0 aliphatic rings. The van der Waals surface area contributed by atoms with Gasteiger partial charge in [0.2, 0.25) is 0 Å². The lowest BCUT2D eigenvalue weighted by atomic mass is 9.93. The SMILES string of the molecule is CCCCCCCCCCCCC(CCCC)c1[nH]cc[n+]1C(C)CCCCCCCCCCCC. The van der Waals surface area contributed by atoms with Crippen molar-refractivity contribution in [3.8, 4) is 0 Å². The zero-order chi connectivity index (χ0) is 26.1. The predicted octanol–water partition coefficient (Wildman–Crippen LogP) is 11.8. The summed E-state index contributed by atoms with van der Waals surface area (Å²) in [5.74, 6) is 2.23. The van der Waals surface area contributed by atoms with Crippen LogP contribution in [0.1, 0.15) is 206 Å². The van der Waals surface area contributed by atoms with Crippen LogP contribution < -0.4 is 4.57 Å². The fraction of sp³-hybridized carbons (Fsp3) is 0.912. The minimum absolute atomic E-state index is 0.622. The summed E-state index contributed by atoms with van der Waals surface area (Å²) in [5.41, 5.74) is 0. The van der Waals surface area contributed by atoms with Crippen LogP contribution in [0.15, 0.2) is 12.4 Å². The number of nitrogens with zero attached hydrogens (tertiary/aromatic N) is 1. The molecule has 2 nitrogen and oxygen atoms in total. The third kappa shape index (κ3) is 16.9. The molecule has 0 spiro atoms. The van der Waals surface area contributed by atoms with Crippen LogP contribution >= 0.6 is 0 Å². The molecule has 1 heterocycles. The van der Waals surface area contributed by atoms with Crippen molar-refractivity contribution >= 4 is 0 Å². The Morgan fingerprint density at radius 2 is 0.917 bits per heavy atom. The fourth-order valence-electron chi connectivity index (χ4n) is 5.88. The zero-order valence-electron chi connectivity index (χ0n) is 25.4. The summed E-state index contributed by atoms with van der Waals surface area (Å²) in [6, 6.07) is 0.622. The van der Waals surface area contributed by atoms with E-state index in [1.807, 2.05) is 0 Å². The van der Waals surface area contributed by atoms with Crippen molar-refractivity contribution in [2.24, 2.45) is 0 Å². The summed E-state index contributed by atoms with van der Waals surface area (Å²) >= 11 is 0. The molecule has 212 valence electrons. The number of nitrogens with one attached hydrogen (secondary N) is 1. The molecule has 36 heavy (non-hydrogen) atoms. The molecular formula is C34H67N2+. The van der Waals surface area contributed by atoms with Crippen molar-refractivity contribution in [2.75, 3.05) is 0 Å². The van der Waals surface area contributed by atoms with Crippen LogP contribution in [-0.2, 0) is 0 Å². The second kappa shape index (κ2) is 24.5. The molecule has 1 rings (SSSR count). The normalized spacial score (nSPS) is 13.3. The van der Waals surface area contributed by atoms with Crippen LogP contribution in [0.5, 0.6) is 0 Å². The Morgan fingerprint density at radius 1 is 0.528 bits per heavy atom. The summed E-state index contributed by atoms with van der Waals surface area (Å²) in [4.78, 5) is 3.68. The van der Waals surface area contributed by atoms with E-state index in [0.29, 0.717) is 12.0 Å². The van der Waals surface area contributed by atoms with Gasteiger partial charge >= 0.3 is 0 Å². The molecule has 0 saturated carbocycles. The van der Waals surface area contributed by atoms with E-state index >= 15 is 0 Å². The van der Waals surface area contributed by atoms with Gasteiger partial charge in [-0.05, 0) is 32.6 Å². The van der Waals surface area contributed by atoms with E-state index in [1.165, 1.54) is 166 Å². The van der Waals surface area contributed by atoms with Gasteiger partial charge in [-0.25, -0.2) is 9.55 Å². The first kappa shape index (κ1) is 33.2. The van der Waals surface area contributed by atoms with Crippen LogP contribution in [0, 0.1) is 0 Å². The molecule has 1 aromatic rings. The van der Waals surface area contributed by atoms with Crippen molar-refractivity contribution in [1.29, 1.82) is 0 Å². The fourth-order valence-corrected chi connectivity index (χ4v) is 5.88. The predicted molar refractivity (Wildman–Crippen MR) is 161 cm³/mol. The largest absolute Gasteiger partial charge is 0.257 e. The molecule has 2 unspecified atom stereocenters. The highest BCUT2D eigenvalue weighted by Gasteiger charge is 2.25. The highest BCUT2D eigenvalue weighted by atomic mass is 15.1. The topological polar surface area (TPSA) is 19.7 Å². The van der Waals surface area contributed by atoms with E-state index in [0.717, 1.165) is 0 Å². The molecular weight excluding hydrogens is 436 g/mol. The highest BCUT2D eigenvalue weighted by Crippen LogP contribution is 2.26. The molecule has 0 aromatic carbocycles. The second-order valence-electron chi connectivity index (χ2n) is 11.9. The Labute approximate surface area is 227 Å². The van der Waals surface area contributed by atoms with Crippen LogP contribution in [0.3, 0.4) is 0 Å².